The number of anilines is 1. The summed E-state index contributed by atoms with van der Waals surface area (Å²) in [6, 6.07) is 19.7. The molecule has 1 saturated heterocycles. The summed E-state index contributed by atoms with van der Waals surface area (Å²) in [4.78, 5) is 19.1. The minimum atomic E-state index is -0.555. The number of rotatable bonds is 10. The van der Waals surface area contributed by atoms with Crippen LogP contribution in [0.5, 0.6) is 0 Å². The van der Waals surface area contributed by atoms with Gasteiger partial charge >= 0.3 is 0 Å². The quantitative estimate of drug-likeness (QED) is 0.304. The van der Waals surface area contributed by atoms with Crippen molar-refractivity contribution >= 4 is 11.6 Å². The SMILES string of the molecule is C=CCN(C[C@H]1O[C@@H](c2ccc(NC(=O)c3cccnc3)cc2)O[C@@H](c2ccc(CO)cc2)[C@H]1C)C1CCCC1. The molecule has 2 aliphatic rings. The fraction of sp³-hybridized carbons (Fsp3) is 0.394. The lowest BCUT2D eigenvalue weighted by Crippen LogP contribution is -2.47. The highest BCUT2D eigenvalue weighted by molar-refractivity contribution is 6.04. The summed E-state index contributed by atoms with van der Waals surface area (Å²) in [6.07, 6.45) is 9.38. The van der Waals surface area contributed by atoms with Crippen LogP contribution >= 0.6 is 0 Å². The van der Waals surface area contributed by atoms with Crippen LogP contribution in [0.2, 0.25) is 0 Å². The van der Waals surface area contributed by atoms with Crippen molar-refractivity contribution in [1.29, 1.82) is 0 Å². The smallest absolute Gasteiger partial charge is 0.257 e. The second kappa shape index (κ2) is 13.3. The van der Waals surface area contributed by atoms with Crippen LogP contribution in [0.1, 0.15) is 72.0 Å². The highest BCUT2D eigenvalue weighted by atomic mass is 16.7. The van der Waals surface area contributed by atoms with Crippen LogP contribution in [0.25, 0.3) is 0 Å². The van der Waals surface area contributed by atoms with Gasteiger partial charge in [0.15, 0.2) is 6.29 Å². The Morgan fingerprint density at radius 1 is 1.07 bits per heavy atom. The van der Waals surface area contributed by atoms with E-state index >= 15 is 0 Å². The number of hydrogen-bond donors (Lipinski definition) is 2. The van der Waals surface area contributed by atoms with E-state index in [1.165, 1.54) is 25.7 Å². The van der Waals surface area contributed by atoms with Crippen molar-refractivity contribution in [3.63, 3.8) is 0 Å². The molecule has 2 aromatic carbocycles. The van der Waals surface area contributed by atoms with E-state index in [1.54, 1.807) is 24.5 Å². The number of aliphatic hydroxyl groups excluding tert-OH is 1. The number of hydrogen-bond acceptors (Lipinski definition) is 6. The number of aromatic nitrogens is 1. The molecule has 2 fully saturated rings. The standard InChI is InChI=1S/C33H39N3O4/c1-3-19-36(29-8-4-5-9-29)21-30-23(2)31(25-12-10-24(22-37)11-13-25)40-33(39-30)26-14-16-28(17-15-26)35-32(38)27-7-6-18-34-20-27/h3,6-7,10-18,20,23,29-31,33,37H,1,4-5,8-9,19,21-22H2,2H3,(H,35,38)/t23-,30+,31+,33+/m0/s1. The molecular formula is C33H39N3O4. The number of benzene rings is 2. The van der Waals surface area contributed by atoms with E-state index in [0.717, 1.165) is 29.8 Å². The first kappa shape index (κ1) is 28.2. The van der Waals surface area contributed by atoms with Gasteiger partial charge in [0.1, 0.15) is 0 Å². The Balaban J connectivity index is 1.36. The summed E-state index contributed by atoms with van der Waals surface area (Å²) >= 11 is 0. The minimum Gasteiger partial charge on any atom is -0.392 e. The normalized spacial score (nSPS) is 23.3. The van der Waals surface area contributed by atoms with E-state index in [2.05, 4.69) is 28.7 Å². The fourth-order valence-corrected chi connectivity index (χ4v) is 5.79. The number of nitrogens with one attached hydrogen (secondary N) is 1. The lowest BCUT2D eigenvalue weighted by molar-refractivity contribution is -0.276. The molecule has 0 spiro atoms. The molecule has 0 unspecified atom stereocenters. The van der Waals surface area contributed by atoms with E-state index in [9.17, 15) is 9.90 Å². The zero-order valence-electron chi connectivity index (χ0n) is 23.1. The van der Waals surface area contributed by atoms with E-state index in [4.69, 9.17) is 9.47 Å². The highest BCUT2D eigenvalue weighted by Crippen LogP contribution is 2.42. The van der Waals surface area contributed by atoms with Gasteiger partial charge in [0, 0.05) is 48.7 Å². The van der Waals surface area contributed by atoms with Gasteiger partial charge in [0.2, 0.25) is 0 Å². The largest absolute Gasteiger partial charge is 0.392 e. The van der Waals surface area contributed by atoms with Gasteiger partial charge in [-0.25, -0.2) is 0 Å². The molecule has 2 heterocycles. The van der Waals surface area contributed by atoms with Gasteiger partial charge in [0.05, 0.1) is 24.4 Å². The Kier molecular flexibility index (Phi) is 9.39. The fourth-order valence-electron chi connectivity index (χ4n) is 5.79. The van der Waals surface area contributed by atoms with Crippen molar-refractivity contribution < 1.29 is 19.4 Å². The number of carbonyl (C=O) groups is 1. The molecule has 1 saturated carbocycles. The molecule has 0 radical (unpaired) electrons. The third kappa shape index (κ3) is 6.67. The van der Waals surface area contributed by atoms with Gasteiger partial charge in [0.25, 0.3) is 5.91 Å². The van der Waals surface area contributed by atoms with Crippen molar-refractivity contribution in [2.24, 2.45) is 5.92 Å². The summed E-state index contributed by atoms with van der Waals surface area (Å²) < 4.78 is 13.3. The first-order valence-electron chi connectivity index (χ1n) is 14.2. The monoisotopic (exact) mass is 541 g/mol. The van der Waals surface area contributed by atoms with Crippen LogP contribution in [0.3, 0.4) is 0 Å². The van der Waals surface area contributed by atoms with E-state index in [-0.39, 0.29) is 30.6 Å². The molecule has 1 aromatic heterocycles. The Morgan fingerprint density at radius 3 is 2.45 bits per heavy atom. The molecule has 210 valence electrons. The average Bonchev–Trinajstić information content (AvgIpc) is 3.54. The Morgan fingerprint density at radius 2 is 1.80 bits per heavy atom. The van der Waals surface area contributed by atoms with Crippen LogP contribution in [0.15, 0.2) is 85.7 Å². The van der Waals surface area contributed by atoms with E-state index in [0.29, 0.717) is 17.3 Å². The molecule has 1 aliphatic heterocycles. The molecule has 7 nitrogen and oxygen atoms in total. The van der Waals surface area contributed by atoms with Crippen LogP contribution in [-0.4, -0.2) is 46.1 Å². The molecule has 7 heteroatoms. The molecule has 2 N–H and O–H groups in total. The molecule has 1 aliphatic carbocycles. The Hall–Kier alpha value is -3.36. The van der Waals surface area contributed by atoms with Gasteiger partial charge in [-0.05, 0) is 48.2 Å². The molecule has 1 amide bonds. The lowest BCUT2D eigenvalue weighted by Gasteiger charge is -2.43. The van der Waals surface area contributed by atoms with Gasteiger partial charge in [-0.15, -0.1) is 6.58 Å². The minimum absolute atomic E-state index is 0.0112. The molecule has 0 bridgehead atoms. The summed E-state index contributed by atoms with van der Waals surface area (Å²) in [5, 5.41) is 12.4. The summed E-state index contributed by atoms with van der Waals surface area (Å²) in [6.45, 7) is 7.87. The predicted octanol–water partition coefficient (Wildman–Crippen LogP) is 6.05. The average molecular weight is 542 g/mol. The lowest BCUT2D eigenvalue weighted by atomic mass is 9.89. The van der Waals surface area contributed by atoms with Crippen LogP contribution in [0.4, 0.5) is 5.69 Å². The summed E-state index contributed by atoms with van der Waals surface area (Å²) in [5.41, 5.74) is 4.03. The number of amides is 1. The topological polar surface area (TPSA) is 83.9 Å². The van der Waals surface area contributed by atoms with Gasteiger partial charge in [-0.3, -0.25) is 14.7 Å². The maximum Gasteiger partial charge on any atom is 0.257 e. The second-order valence-electron chi connectivity index (χ2n) is 10.8. The number of ether oxygens (including phenoxy) is 2. The third-order valence-corrected chi connectivity index (χ3v) is 8.11. The molecule has 40 heavy (non-hydrogen) atoms. The van der Waals surface area contributed by atoms with Crippen LogP contribution < -0.4 is 5.32 Å². The zero-order chi connectivity index (χ0) is 27.9. The van der Waals surface area contributed by atoms with Gasteiger partial charge < -0.3 is 19.9 Å². The second-order valence-corrected chi connectivity index (χ2v) is 10.8. The molecule has 5 rings (SSSR count). The molecule has 3 aromatic rings. The van der Waals surface area contributed by atoms with Gasteiger partial charge in [-0.2, -0.15) is 0 Å². The Bertz CT molecular complexity index is 1240. The zero-order valence-corrected chi connectivity index (χ0v) is 23.1. The maximum atomic E-state index is 12.6. The van der Waals surface area contributed by atoms with Crippen molar-refractivity contribution in [3.8, 4) is 0 Å². The van der Waals surface area contributed by atoms with Crippen molar-refractivity contribution in [1.82, 2.24) is 9.88 Å². The Labute approximate surface area is 236 Å². The number of pyridine rings is 1. The molecular weight excluding hydrogens is 502 g/mol. The number of aliphatic hydroxyl groups is 1. The number of carbonyl (C=O) groups excluding carboxylic acids is 1. The highest BCUT2D eigenvalue weighted by Gasteiger charge is 2.40. The van der Waals surface area contributed by atoms with Crippen molar-refractivity contribution in [3.05, 3.63) is 108 Å². The predicted molar refractivity (Wildman–Crippen MR) is 156 cm³/mol. The number of nitrogens with zero attached hydrogens (tertiary/aromatic N) is 2. The first-order valence-corrected chi connectivity index (χ1v) is 14.2. The van der Waals surface area contributed by atoms with Gasteiger partial charge in [-0.1, -0.05) is 62.2 Å². The van der Waals surface area contributed by atoms with Crippen LogP contribution in [-0.2, 0) is 16.1 Å². The maximum absolute atomic E-state index is 12.6. The third-order valence-electron chi connectivity index (χ3n) is 8.11. The van der Waals surface area contributed by atoms with Crippen molar-refractivity contribution in [2.75, 3.05) is 18.4 Å². The van der Waals surface area contributed by atoms with E-state index < -0.39 is 6.29 Å². The molecule has 4 atom stereocenters. The van der Waals surface area contributed by atoms with Crippen molar-refractivity contribution in [2.45, 2.75) is 63.8 Å². The first-order chi connectivity index (χ1) is 19.6. The summed E-state index contributed by atoms with van der Waals surface area (Å²) in [5.74, 6) is -0.0940. The van der Waals surface area contributed by atoms with Crippen LogP contribution in [0, 0.1) is 5.92 Å². The summed E-state index contributed by atoms with van der Waals surface area (Å²) in [7, 11) is 0. The van der Waals surface area contributed by atoms with E-state index in [1.807, 2.05) is 54.6 Å².